The van der Waals surface area contributed by atoms with Crippen LogP contribution in [0.25, 0.3) is 11.1 Å². The summed E-state index contributed by atoms with van der Waals surface area (Å²) in [4.78, 5) is 3.95. The van der Waals surface area contributed by atoms with Gasteiger partial charge < -0.3 is 5.73 Å². The zero-order valence-electron chi connectivity index (χ0n) is 8.67. The van der Waals surface area contributed by atoms with E-state index < -0.39 is 11.6 Å². The maximum Gasteiger partial charge on any atom is 0.131 e. The zero-order chi connectivity index (χ0) is 11.7. The lowest BCUT2D eigenvalue weighted by Crippen LogP contribution is -1.95. The van der Waals surface area contributed by atoms with Gasteiger partial charge in [0.15, 0.2) is 0 Å². The van der Waals surface area contributed by atoms with Crippen LogP contribution in [0.2, 0.25) is 0 Å². The topological polar surface area (TPSA) is 38.9 Å². The summed E-state index contributed by atoms with van der Waals surface area (Å²) in [5.74, 6) is -0.998. The van der Waals surface area contributed by atoms with E-state index in [-0.39, 0.29) is 5.82 Å². The molecule has 0 spiro atoms. The van der Waals surface area contributed by atoms with Gasteiger partial charge in [0.25, 0.3) is 0 Å². The molecule has 1 heterocycles. The van der Waals surface area contributed by atoms with Gasteiger partial charge in [-0.05, 0) is 36.2 Å². The fourth-order valence-corrected chi connectivity index (χ4v) is 1.52. The average molecular weight is 220 g/mol. The molecule has 1 aromatic heterocycles. The van der Waals surface area contributed by atoms with Crippen molar-refractivity contribution >= 4 is 5.82 Å². The first-order chi connectivity index (χ1) is 7.56. The highest BCUT2D eigenvalue weighted by atomic mass is 19.1. The molecule has 2 aromatic rings. The predicted octanol–water partition coefficient (Wildman–Crippen LogP) is 2.92. The summed E-state index contributed by atoms with van der Waals surface area (Å²) in [6.07, 6.45) is 1.61. The molecule has 0 bridgehead atoms. The Morgan fingerprint density at radius 3 is 2.31 bits per heavy atom. The largest absolute Gasteiger partial charge is 0.383 e. The van der Waals surface area contributed by atoms with E-state index in [2.05, 4.69) is 4.98 Å². The van der Waals surface area contributed by atoms with E-state index in [0.717, 1.165) is 11.6 Å². The monoisotopic (exact) mass is 220 g/mol. The Hall–Kier alpha value is -1.97. The molecule has 82 valence electrons. The second-order valence-electron chi connectivity index (χ2n) is 3.60. The molecule has 2 N–H and O–H groups in total. The number of halogens is 2. The standard InChI is InChI=1S/C12H10F2N2/c1-7-2-11(12(15)16-6-7)8-3-9(13)5-10(14)4-8/h2-6H,1H3,(H2,15,16). The minimum atomic E-state index is -0.629. The summed E-state index contributed by atoms with van der Waals surface area (Å²) < 4.78 is 26.1. The Labute approximate surface area is 91.7 Å². The van der Waals surface area contributed by atoms with Crippen LogP contribution >= 0.6 is 0 Å². The smallest absolute Gasteiger partial charge is 0.131 e. The normalized spacial score (nSPS) is 10.4. The molecular formula is C12H10F2N2. The molecule has 0 amide bonds. The molecule has 0 radical (unpaired) electrons. The van der Waals surface area contributed by atoms with Crippen molar-refractivity contribution in [2.75, 3.05) is 5.73 Å². The average Bonchev–Trinajstić information content (AvgIpc) is 2.20. The van der Waals surface area contributed by atoms with Crippen molar-refractivity contribution in [2.45, 2.75) is 6.92 Å². The van der Waals surface area contributed by atoms with Crippen LogP contribution < -0.4 is 5.73 Å². The first-order valence-corrected chi connectivity index (χ1v) is 4.75. The van der Waals surface area contributed by atoms with Crippen LogP contribution in [0.3, 0.4) is 0 Å². The van der Waals surface area contributed by atoms with E-state index in [4.69, 9.17) is 5.73 Å². The number of nitrogens with zero attached hydrogens (tertiary/aromatic N) is 1. The van der Waals surface area contributed by atoms with Crippen LogP contribution in [0.1, 0.15) is 5.56 Å². The lowest BCUT2D eigenvalue weighted by Gasteiger charge is -2.06. The zero-order valence-corrected chi connectivity index (χ0v) is 8.67. The number of anilines is 1. The van der Waals surface area contributed by atoms with Gasteiger partial charge in [-0.15, -0.1) is 0 Å². The molecule has 2 rings (SSSR count). The molecular weight excluding hydrogens is 210 g/mol. The highest BCUT2D eigenvalue weighted by Gasteiger charge is 2.07. The molecule has 0 saturated carbocycles. The fraction of sp³-hybridized carbons (Fsp3) is 0.0833. The highest BCUT2D eigenvalue weighted by molar-refractivity contribution is 5.74. The Kier molecular flexibility index (Phi) is 2.56. The number of rotatable bonds is 1. The van der Waals surface area contributed by atoms with E-state index in [1.807, 2.05) is 6.92 Å². The third-order valence-corrected chi connectivity index (χ3v) is 2.23. The molecule has 0 aliphatic rings. The first-order valence-electron chi connectivity index (χ1n) is 4.75. The van der Waals surface area contributed by atoms with E-state index in [9.17, 15) is 8.78 Å². The molecule has 1 aromatic carbocycles. The minimum absolute atomic E-state index is 0.260. The van der Waals surface area contributed by atoms with E-state index in [1.165, 1.54) is 12.1 Å². The maximum atomic E-state index is 13.0. The van der Waals surface area contributed by atoms with Gasteiger partial charge >= 0.3 is 0 Å². The lowest BCUT2D eigenvalue weighted by molar-refractivity contribution is 0.584. The van der Waals surface area contributed by atoms with Crippen molar-refractivity contribution in [3.05, 3.63) is 47.7 Å². The van der Waals surface area contributed by atoms with E-state index >= 15 is 0 Å². The number of aromatic nitrogens is 1. The Morgan fingerprint density at radius 2 is 1.69 bits per heavy atom. The number of nitrogen functional groups attached to an aromatic ring is 1. The molecule has 0 aliphatic heterocycles. The van der Waals surface area contributed by atoms with Crippen molar-refractivity contribution in [1.29, 1.82) is 0 Å². The minimum Gasteiger partial charge on any atom is -0.383 e. The highest BCUT2D eigenvalue weighted by Crippen LogP contribution is 2.26. The van der Waals surface area contributed by atoms with Gasteiger partial charge in [0.1, 0.15) is 17.5 Å². The van der Waals surface area contributed by atoms with Crippen molar-refractivity contribution in [3.63, 3.8) is 0 Å². The molecule has 2 nitrogen and oxygen atoms in total. The predicted molar refractivity (Wildman–Crippen MR) is 58.7 cm³/mol. The van der Waals surface area contributed by atoms with Crippen LogP contribution in [-0.2, 0) is 0 Å². The van der Waals surface area contributed by atoms with E-state index in [1.54, 1.807) is 12.3 Å². The SMILES string of the molecule is Cc1cnc(N)c(-c2cc(F)cc(F)c2)c1. The molecule has 0 aliphatic carbocycles. The number of hydrogen-bond acceptors (Lipinski definition) is 2. The number of aryl methyl sites for hydroxylation is 1. The van der Waals surface area contributed by atoms with Gasteiger partial charge in [0.05, 0.1) is 0 Å². The molecule has 0 fully saturated rings. The summed E-state index contributed by atoms with van der Waals surface area (Å²) in [5, 5.41) is 0. The van der Waals surface area contributed by atoms with Crippen LogP contribution in [0, 0.1) is 18.6 Å². The summed E-state index contributed by atoms with van der Waals surface area (Å²) in [5.41, 5.74) is 7.48. The summed E-state index contributed by atoms with van der Waals surface area (Å²) >= 11 is 0. The Bertz CT molecular complexity index is 518. The second kappa shape index (κ2) is 3.89. The fourth-order valence-electron chi connectivity index (χ4n) is 1.52. The van der Waals surface area contributed by atoms with Crippen molar-refractivity contribution in [1.82, 2.24) is 4.98 Å². The van der Waals surface area contributed by atoms with Crippen molar-refractivity contribution in [3.8, 4) is 11.1 Å². The van der Waals surface area contributed by atoms with Crippen LogP contribution in [0.15, 0.2) is 30.5 Å². The molecule has 0 unspecified atom stereocenters. The summed E-state index contributed by atoms with van der Waals surface area (Å²) in [6, 6.07) is 5.03. The number of hydrogen-bond donors (Lipinski definition) is 1. The second-order valence-corrected chi connectivity index (χ2v) is 3.60. The van der Waals surface area contributed by atoms with Crippen LogP contribution in [0.5, 0.6) is 0 Å². The number of nitrogens with two attached hydrogens (primary N) is 1. The quantitative estimate of drug-likeness (QED) is 0.802. The third kappa shape index (κ3) is 2.00. The first kappa shape index (κ1) is 10.5. The van der Waals surface area contributed by atoms with Crippen molar-refractivity contribution < 1.29 is 8.78 Å². The van der Waals surface area contributed by atoms with Crippen molar-refractivity contribution in [2.24, 2.45) is 0 Å². The van der Waals surface area contributed by atoms with Gasteiger partial charge in [-0.3, -0.25) is 0 Å². The van der Waals surface area contributed by atoms with Gasteiger partial charge in [0.2, 0.25) is 0 Å². The number of pyridine rings is 1. The maximum absolute atomic E-state index is 13.0. The van der Waals surface area contributed by atoms with Gasteiger partial charge in [-0.25, -0.2) is 13.8 Å². The van der Waals surface area contributed by atoms with Crippen LogP contribution in [0.4, 0.5) is 14.6 Å². The number of benzene rings is 1. The molecule has 0 atom stereocenters. The Morgan fingerprint density at radius 1 is 1.06 bits per heavy atom. The van der Waals surface area contributed by atoms with Gasteiger partial charge in [-0.1, -0.05) is 0 Å². The van der Waals surface area contributed by atoms with Crippen LogP contribution in [-0.4, -0.2) is 4.98 Å². The Balaban J connectivity index is 2.62. The third-order valence-electron chi connectivity index (χ3n) is 2.23. The summed E-state index contributed by atoms with van der Waals surface area (Å²) in [7, 11) is 0. The molecule has 16 heavy (non-hydrogen) atoms. The molecule has 4 heteroatoms. The van der Waals surface area contributed by atoms with Gasteiger partial charge in [-0.2, -0.15) is 0 Å². The van der Waals surface area contributed by atoms with Gasteiger partial charge in [0, 0.05) is 17.8 Å². The molecule has 0 saturated heterocycles. The summed E-state index contributed by atoms with van der Waals surface area (Å²) in [6.45, 7) is 1.84. The van der Waals surface area contributed by atoms with E-state index in [0.29, 0.717) is 11.1 Å². The lowest BCUT2D eigenvalue weighted by atomic mass is 10.0.